The molecule has 1 heterocycles. The highest BCUT2D eigenvalue weighted by Crippen LogP contribution is 2.24. The van der Waals surface area contributed by atoms with Gasteiger partial charge in [0.2, 0.25) is 0 Å². The Labute approximate surface area is 128 Å². The number of likely N-dealkylation sites (tertiary alicyclic amines) is 1. The lowest BCUT2D eigenvalue weighted by Gasteiger charge is -2.35. The van der Waals surface area contributed by atoms with E-state index in [1.807, 2.05) is 12.1 Å². The molecule has 0 saturated carbocycles. The highest BCUT2D eigenvalue weighted by atomic mass is 19.1. The minimum absolute atomic E-state index is 0.0937. The van der Waals surface area contributed by atoms with Gasteiger partial charge in [-0.15, -0.1) is 0 Å². The molecule has 118 valence electrons. The van der Waals surface area contributed by atoms with Gasteiger partial charge in [-0.3, -0.25) is 0 Å². The van der Waals surface area contributed by atoms with Crippen LogP contribution in [0.2, 0.25) is 0 Å². The molecule has 0 radical (unpaired) electrons. The maximum absolute atomic E-state index is 14.0. The van der Waals surface area contributed by atoms with E-state index < -0.39 is 0 Å². The van der Waals surface area contributed by atoms with Gasteiger partial charge in [0, 0.05) is 24.7 Å². The molecule has 1 aliphatic heterocycles. The summed E-state index contributed by atoms with van der Waals surface area (Å²) in [5.41, 5.74) is 0.803. The third-order valence-corrected chi connectivity index (χ3v) is 4.41. The number of hydrogen-bond donors (Lipinski definition) is 1. The van der Waals surface area contributed by atoms with Crippen molar-refractivity contribution in [1.82, 2.24) is 10.2 Å². The lowest BCUT2D eigenvalue weighted by Crippen LogP contribution is -2.40. The van der Waals surface area contributed by atoms with Crippen molar-refractivity contribution in [2.24, 2.45) is 11.8 Å². The summed E-state index contributed by atoms with van der Waals surface area (Å²) in [6, 6.07) is 7.27. The van der Waals surface area contributed by atoms with Crippen LogP contribution in [-0.2, 0) is 0 Å². The van der Waals surface area contributed by atoms with Gasteiger partial charge in [0.25, 0.3) is 0 Å². The molecule has 1 saturated heterocycles. The summed E-state index contributed by atoms with van der Waals surface area (Å²) in [5, 5.41) is 3.44. The number of piperidine rings is 1. The summed E-state index contributed by atoms with van der Waals surface area (Å²) in [6.45, 7) is 11.0. The fraction of sp³-hybridized carbons (Fsp3) is 0.667. The van der Waals surface area contributed by atoms with Crippen LogP contribution in [0.3, 0.4) is 0 Å². The van der Waals surface area contributed by atoms with Gasteiger partial charge >= 0.3 is 0 Å². The Kier molecular flexibility index (Phi) is 6.19. The van der Waals surface area contributed by atoms with Crippen LogP contribution in [0.5, 0.6) is 0 Å². The maximum atomic E-state index is 14.0. The predicted octanol–water partition coefficient (Wildman–Crippen LogP) is 3.84. The van der Waals surface area contributed by atoms with Crippen molar-refractivity contribution in [3.63, 3.8) is 0 Å². The zero-order valence-corrected chi connectivity index (χ0v) is 13.6. The van der Waals surface area contributed by atoms with E-state index in [0.717, 1.165) is 36.9 Å². The highest BCUT2D eigenvalue weighted by Gasteiger charge is 2.23. The van der Waals surface area contributed by atoms with Gasteiger partial charge in [0.15, 0.2) is 0 Å². The highest BCUT2D eigenvalue weighted by molar-refractivity contribution is 5.21. The van der Waals surface area contributed by atoms with Crippen molar-refractivity contribution in [1.29, 1.82) is 0 Å². The van der Waals surface area contributed by atoms with E-state index in [4.69, 9.17) is 0 Å². The fourth-order valence-electron chi connectivity index (χ4n) is 3.66. The fourth-order valence-corrected chi connectivity index (χ4v) is 3.66. The number of rotatable bonds is 6. The number of nitrogens with one attached hydrogen (secondary N) is 1. The van der Waals surface area contributed by atoms with Crippen LogP contribution < -0.4 is 5.32 Å². The van der Waals surface area contributed by atoms with E-state index in [0.29, 0.717) is 0 Å². The predicted molar refractivity (Wildman–Crippen MR) is 86.8 cm³/mol. The molecule has 0 amide bonds. The molecule has 0 aliphatic carbocycles. The first kappa shape index (κ1) is 16.4. The lowest BCUT2D eigenvalue weighted by molar-refractivity contribution is 0.135. The molecule has 0 bridgehead atoms. The van der Waals surface area contributed by atoms with Crippen LogP contribution in [0.25, 0.3) is 0 Å². The number of nitrogens with zero attached hydrogens (tertiary/aromatic N) is 1. The number of hydrogen-bond acceptors (Lipinski definition) is 2. The molecule has 0 aromatic heterocycles. The Morgan fingerprint density at radius 1 is 1.24 bits per heavy atom. The quantitative estimate of drug-likeness (QED) is 0.857. The number of benzene rings is 1. The van der Waals surface area contributed by atoms with Gasteiger partial charge in [-0.25, -0.2) is 4.39 Å². The van der Waals surface area contributed by atoms with E-state index >= 15 is 0 Å². The minimum atomic E-state index is -0.0937. The van der Waals surface area contributed by atoms with E-state index in [2.05, 4.69) is 31.0 Å². The summed E-state index contributed by atoms with van der Waals surface area (Å²) in [4.78, 5) is 2.55. The van der Waals surface area contributed by atoms with Gasteiger partial charge in [-0.05, 0) is 43.8 Å². The first-order valence-electron chi connectivity index (χ1n) is 8.30. The third kappa shape index (κ3) is 4.79. The maximum Gasteiger partial charge on any atom is 0.127 e. The van der Waals surface area contributed by atoms with E-state index in [9.17, 15) is 4.39 Å². The first-order chi connectivity index (χ1) is 10.1. The zero-order valence-electron chi connectivity index (χ0n) is 13.6. The second-order valence-electron chi connectivity index (χ2n) is 6.63. The minimum Gasteiger partial charge on any atom is -0.310 e. The number of halogens is 1. The smallest absolute Gasteiger partial charge is 0.127 e. The van der Waals surface area contributed by atoms with Gasteiger partial charge in [0.1, 0.15) is 5.82 Å². The third-order valence-electron chi connectivity index (χ3n) is 4.41. The van der Waals surface area contributed by atoms with Crippen LogP contribution in [0.15, 0.2) is 24.3 Å². The standard InChI is InChI=1S/C18H29FN2/c1-4-20-18(16-7-5-6-8-17(16)19)9-10-21-12-14(2)11-15(3)13-21/h5-8,14-15,18,20H,4,9-13H2,1-3H3. The van der Waals surface area contributed by atoms with Gasteiger partial charge in [-0.2, -0.15) is 0 Å². The Hall–Kier alpha value is -0.930. The first-order valence-corrected chi connectivity index (χ1v) is 8.30. The van der Waals surface area contributed by atoms with E-state index in [1.165, 1.54) is 19.5 Å². The average molecular weight is 292 g/mol. The molecule has 1 aromatic carbocycles. The molecule has 0 spiro atoms. The molecule has 1 N–H and O–H groups in total. The molecule has 2 nitrogen and oxygen atoms in total. The molecular formula is C18H29FN2. The largest absolute Gasteiger partial charge is 0.310 e. The summed E-state index contributed by atoms with van der Waals surface area (Å²) in [5.74, 6) is 1.46. The Morgan fingerprint density at radius 2 is 1.90 bits per heavy atom. The molecule has 21 heavy (non-hydrogen) atoms. The summed E-state index contributed by atoms with van der Waals surface area (Å²) in [6.07, 6.45) is 2.30. The molecule has 1 aliphatic rings. The van der Waals surface area contributed by atoms with Crippen LogP contribution >= 0.6 is 0 Å². The van der Waals surface area contributed by atoms with Gasteiger partial charge in [-0.1, -0.05) is 39.0 Å². The van der Waals surface area contributed by atoms with Crippen molar-refractivity contribution in [2.45, 2.75) is 39.7 Å². The molecule has 1 fully saturated rings. The lowest BCUT2D eigenvalue weighted by atomic mass is 9.91. The topological polar surface area (TPSA) is 15.3 Å². The van der Waals surface area contributed by atoms with E-state index in [1.54, 1.807) is 12.1 Å². The van der Waals surface area contributed by atoms with Crippen molar-refractivity contribution in [3.05, 3.63) is 35.6 Å². The summed E-state index contributed by atoms with van der Waals surface area (Å²) >= 11 is 0. The van der Waals surface area contributed by atoms with Gasteiger partial charge in [0.05, 0.1) is 0 Å². The van der Waals surface area contributed by atoms with Crippen LogP contribution in [-0.4, -0.2) is 31.1 Å². The molecule has 2 rings (SSSR count). The van der Waals surface area contributed by atoms with Crippen molar-refractivity contribution in [3.8, 4) is 0 Å². The normalized spacial score (nSPS) is 25.0. The molecule has 1 aromatic rings. The molecule has 3 unspecified atom stereocenters. The summed E-state index contributed by atoms with van der Waals surface area (Å²) in [7, 11) is 0. The summed E-state index contributed by atoms with van der Waals surface area (Å²) < 4.78 is 14.0. The second-order valence-corrected chi connectivity index (χ2v) is 6.63. The molecular weight excluding hydrogens is 263 g/mol. The average Bonchev–Trinajstić information content (AvgIpc) is 2.43. The zero-order chi connectivity index (χ0) is 15.2. The monoisotopic (exact) mass is 292 g/mol. The van der Waals surface area contributed by atoms with E-state index in [-0.39, 0.29) is 11.9 Å². The second kappa shape index (κ2) is 7.90. The van der Waals surface area contributed by atoms with Crippen LogP contribution in [0.1, 0.15) is 45.2 Å². The van der Waals surface area contributed by atoms with Crippen molar-refractivity contribution >= 4 is 0 Å². The Morgan fingerprint density at radius 3 is 2.52 bits per heavy atom. The van der Waals surface area contributed by atoms with Gasteiger partial charge < -0.3 is 10.2 Å². The van der Waals surface area contributed by atoms with Crippen molar-refractivity contribution in [2.75, 3.05) is 26.2 Å². The Bertz CT molecular complexity index is 425. The molecule has 3 atom stereocenters. The van der Waals surface area contributed by atoms with Crippen LogP contribution in [0, 0.1) is 17.7 Å². The van der Waals surface area contributed by atoms with Crippen molar-refractivity contribution < 1.29 is 4.39 Å². The van der Waals surface area contributed by atoms with Crippen LogP contribution in [0.4, 0.5) is 4.39 Å². The molecule has 3 heteroatoms. The Balaban J connectivity index is 1.96. The SMILES string of the molecule is CCNC(CCN1CC(C)CC(C)C1)c1ccccc1F.